The van der Waals surface area contributed by atoms with Gasteiger partial charge in [-0.15, -0.1) is 11.3 Å². The normalized spacial score (nSPS) is 18.1. The van der Waals surface area contributed by atoms with Gasteiger partial charge in [-0.3, -0.25) is 0 Å². The molecule has 3 nitrogen and oxygen atoms in total. The van der Waals surface area contributed by atoms with E-state index in [9.17, 15) is 0 Å². The van der Waals surface area contributed by atoms with Gasteiger partial charge in [0.15, 0.2) is 0 Å². The second kappa shape index (κ2) is 5.54. The van der Waals surface area contributed by atoms with Crippen LogP contribution in [0.2, 0.25) is 0 Å². The van der Waals surface area contributed by atoms with Crippen molar-refractivity contribution in [2.75, 3.05) is 18.5 Å². The molecular weight excluding hydrogens is 266 g/mol. The van der Waals surface area contributed by atoms with Crippen LogP contribution in [0.25, 0.3) is 0 Å². The number of thiophene rings is 1. The Balaban J connectivity index is 1.90. The van der Waals surface area contributed by atoms with Gasteiger partial charge in [0.25, 0.3) is 0 Å². The molecule has 106 valence electrons. The standard InChI is InChI=1S/C16H21N3S/c1-11-8-13(9-17-3)10-18-16(11)19-6-4-15-14(12(19)2)5-7-20-15/h5,7-8,10,12,17H,4,6,9H2,1-3H3. The highest BCUT2D eigenvalue weighted by molar-refractivity contribution is 7.10. The molecule has 0 spiro atoms. The minimum atomic E-state index is 0.423. The quantitative estimate of drug-likeness (QED) is 0.939. The minimum absolute atomic E-state index is 0.423. The van der Waals surface area contributed by atoms with E-state index in [1.807, 2.05) is 24.6 Å². The summed E-state index contributed by atoms with van der Waals surface area (Å²) in [7, 11) is 1.97. The summed E-state index contributed by atoms with van der Waals surface area (Å²) in [6.45, 7) is 6.39. The van der Waals surface area contributed by atoms with Crippen LogP contribution in [0.1, 0.15) is 34.5 Å². The van der Waals surface area contributed by atoms with Crippen molar-refractivity contribution in [3.63, 3.8) is 0 Å². The summed E-state index contributed by atoms with van der Waals surface area (Å²) in [5.74, 6) is 1.13. The Morgan fingerprint density at radius 3 is 3.10 bits per heavy atom. The van der Waals surface area contributed by atoms with Crippen LogP contribution in [0.3, 0.4) is 0 Å². The number of pyridine rings is 1. The molecule has 1 aliphatic rings. The van der Waals surface area contributed by atoms with Crippen LogP contribution >= 0.6 is 11.3 Å². The number of aryl methyl sites for hydroxylation is 1. The molecule has 1 unspecified atom stereocenters. The maximum Gasteiger partial charge on any atom is 0.131 e. The maximum atomic E-state index is 4.72. The molecule has 0 aromatic carbocycles. The van der Waals surface area contributed by atoms with Crippen molar-refractivity contribution in [2.24, 2.45) is 0 Å². The summed E-state index contributed by atoms with van der Waals surface area (Å²) in [5, 5.41) is 5.39. The lowest BCUT2D eigenvalue weighted by Gasteiger charge is -2.35. The van der Waals surface area contributed by atoms with Gasteiger partial charge in [0, 0.05) is 24.2 Å². The van der Waals surface area contributed by atoms with Crippen molar-refractivity contribution in [3.8, 4) is 0 Å². The third-order valence-corrected chi connectivity index (χ3v) is 5.03. The van der Waals surface area contributed by atoms with E-state index in [2.05, 4.69) is 41.6 Å². The van der Waals surface area contributed by atoms with Crippen LogP contribution in [0.5, 0.6) is 0 Å². The van der Waals surface area contributed by atoms with Crippen LogP contribution in [0.4, 0.5) is 5.82 Å². The molecule has 2 aromatic heterocycles. The fourth-order valence-corrected chi connectivity index (χ4v) is 3.99. The van der Waals surface area contributed by atoms with E-state index in [-0.39, 0.29) is 0 Å². The van der Waals surface area contributed by atoms with E-state index in [1.165, 1.54) is 16.7 Å². The number of rotatable bonds is 3. The second-order valence-electron chi connectivity index (χ2n) is 5.43. The monoisotopic (exact) mass is 287 g/mol. The van der Waals surface area contributed by atoms with E-state index >= 15 is 0 Å². The topological polar surface area (TPSA) is 28.2 Å². The van der Waals surface area contributed by atoms with E-state index in [1.54, 1.807) is 4.88 Å². The highest BCUT2D eigenvalue weighted by Crippen LogP contribution is 2.36. The van der Waals surface area contributed by atoms with Crippen LogP contribution in [0.15, 0.2) is 23.7 Å². The first kappa shape index (κ1) is 13.6. The van der Waals surface area contributed by atoms with Gasteiger partial charge in [-0.05, 0) is 61.5 Å². The number of hydrogen-bond acceptors (Lipinski definition) is 4. The Kier molecular flexibility index (Phi) is 3.76. The number of hydrogen-bond donors (Lipinski definition) is 1. The molecule has 0 amide bonds. The molecule has 20 heavy (non-hydrogen) atoms. The number of nitrogens with one attached hydrogen (secondary N) is 1. The van der Waals surface area contributed by atoms with Gasteiger partial charge < -0.3 is 10.2 Å². The molecule has 1 N–H and O–H groups in total. The Morgan fingerprint density at radius 2 is 2.35 bits per heavy atom. The Hall–Kier alpha value is -1.39. The highest BCUT2D eigenvalue weighted by atomic mass is 32.1. The van der Waals surface area contributed by atoms with Gasteiger partial charge in [0.1, 0.15) is 5.82 Å². The Morgan fingerprint density at radius 1 is 1.50 bits per heavy atom. The number of aromatic nitrogens is 1. The predicted octanol–water partition coefficient (Wildman–Crippen LogP) is 3.29. The van der Waals surface area contributed by atoms with Gasteiger partial charge in [0.2, 0.25) is 0 Å². The number of nitrogens with zero attached hydrogens (tertiary/aromatic N) is 2. The molecule has 0 radical (unpaired) electrons. The van der Waals surface area contributed by atoms with Gasteiger partial charge in [-0.25, -0.2) is 4.98 Å². The summed E-state index contributed by atoms with van der Waals surface area (Å²) in [4.78, 5) is 8.70. The lowest BCUT2D eigenvalue weighted by Crippen LogP contribution is -2.34. The van der Waals surface area contributed by atoms with Crippen LogP contribution in [0, 0.1) is 6.92 Å². The summed E-state index contributed by atoms with van der Waals surface area (Å²) >= 11 is 1.88. The van der Waals surface area contributed by atoms with Crippen molar-refractivity contribution in [1.29, 1.82) is 0 Å². The third kappa shape index (κ3) is 2.34. The van der Waals surface area contributed by atoms with Crippen molar-refractivity contribution in [3.05, 3.63) is 45.3 Å². The van der Waals surface area contributed by atoms with E-state index in [4.69, 9.17) is 4.98 Å². The van der Waals surface area contributed by atoms with Gasteiger partial charge in [0.05, 0.1) is 6.04 Å². The SMILES string of the molecule is CNCc1cnc(N2CCc3sccc3C2C)c(C)c1. The fourth-order valence-electron chi connectivity index (χ4n) is 3.03. The molecule has 0 fully saturated rings. The van der Waals surface area contributed by atoms with Crippen molar-refractivity contribution in [1.82, 2.24) is 10.3 Å². The van der Waals surface area contributed by atoms with Gasteiger partial charge in [-0.2, -0.15) is 0 Å². The molecule has 2 aromatic rings. The van der Waals surface area contributed by atoms with Crippen LogP contribution in [-0.4, -0.2) is 18.6 Å². The summed E-state index contributed by atoms with van der Waals surface area (Å²) in [6.07, 6.45) is 3.13. The second-order valence-corrected chi connectivity index (χ2v) is 6.43. The molecule has 0 saturated carbocycles. The zero-order valence-corrected chi connectivity index (χ0v) is 13.1. The van der Waals surface area contributed by atoms with E-state index in [0.717, 1.165) is 25.3 Å². The third-order valence-electron chi connectivity index (χ3n) is 4.04. The van der Waals surface area contributed by atoms with E-state index < -0.39 is 0 Å². The largest absolute Gasteiger partial charge is 0.349 e. The first-order valence-corrected chi connectivity index (χ1v) is 8.01. The Labute approximate surface area is 124 Å². The summed E-state index contributed by atoms with van der Waals surface area (Å²) in [5.41, 5.74) is 3.99. The highest BCUT2D eigenvalue weighted by Gasteiger charge is 2.26. The number of fused-ring (bicyclic) bond motifs is 1. The van der Waals surface area contributed by atoms with Crippen molar-refractivity contribution in [2.45, 2.75) is 32.9 Å². The summed E-state index contributed by atoms with van der Waals surface area (Å²) < 4.78 is 0. The molecule has 3 heterocycles. The molecule has 1 atom stereocenters. The average molecular weight is 287 g/mol. The smallest absolute Gasteiger partial charge is 0.131 e. The summed E-state index contributed by atoms with van der Waals surface area (Å²) in [6, 6.07) is 4.93. The predicted molar refractivity (Wildman–Crippen MR) is 85.5 cm³/mol. The zero-order valence-electron chi connectivity index (χ0n) is 12.3. The molecule has 4 heteroatoms. The first-order valence-electron chi connectivity index (χ1n) is 7.13. The van der Waals surface area contributed by atoms with Gasteiger partial charge >= 0.3 is 0 Å². The van der Waals surface area contributed by atoms with E-state index in [0.29, 0.717) is 6.04 Å². The van der Waals surface area contributed by atoms with Gasteiger partial charge in [-0.1, -0.05) is 0 Å². The average Bonchev–Trinajstić information content (AvgIpc) is 2.90. The molecule has 0 bridgehead atoms. The zero-order chi connectivity index (χ0) is 14.1. The maximum absolute atomic E-state index is 4.72. The van der Waals surface area contributed by atoms with Crippen molar-refractivity contribution >= 4 is 17.2 Å². The van der Waals surface area contributed by atoms with Crippen LogP contribution < -0.4 is 10.2 Å². The fraction of sp³-hybridized carbons (Fsp3) is 0.438. The lowest BCUT2D eigenvalue weighted by atomic mass is 10.0. The lowest BCUT2D eigenvalue weighted by molar-refractivity contribution is 0.622. The number of anilines is 1. The molecule has 0 aliphatic carbocycles. The molecule has 3 rings (SSSR count). The van der Waals surface area contributed by atoms with Crippen LogP contribution in [-0.2, 0) is 13.0 Å². The molecular formula is C16H21N3S. The first-order chi connectivity index (χ1) is 9.70. The van der Waals surface area contributed by atoms with Crippen molar-refractivity contribution < 1.29 is 0 Å². The molecule has 1 aliphatic heterocycles. The Bertz CT molecular complexity index is 606. The molecule has 0 saturated heterocycles. The minimum Gasteiger partial charge on any atom is -0.349 e.